The minimum absolute atomic E-state index is 0.177. The first-order chi connectivity index (χ1) is 8.72. The smallest absolute Gasteiger partial charge is 0.170 e. The molecule has 0 fully saturated rings. The Bertz CT molecular complexity index is 689. The molecule has 0 aliphatic carbocycles. The van der Waals surface area contributed by atoms with E-state index < -0.39 is 0 Å². The van der Waals surface area contributed by atoms with Crippen LogP contribution >= 0.6 is 11.6 Å². The summed E-state index contributed by atoms with van der Waals surface area (Å²) in [5.74, 6) is 0.177. The highest BCUT2D eigenvalue weighted by atomic mass is 35.5. The van der Waals surface area contributed by atoms with Gasteiger partial charge in [-0.15, -0.1) is 0 Å². The van der Waals surface area contributed by atoms with Gasteiger partial charge in [0.25, 0.3) is 0 Å². The number of hydrogen-bond donors (Lipinski definition) is 1. The standard InChI is InChI=1S/C14H10ClNO2/c15-10-3-1-9(2-4-10)7-13-12-6-5-11(17)8-14(12)18-16-13/h1-6,8,17H,7H2. The normalized spacial score (nSPS) is 10.9. The van der Waals surface area contributed by atoms with E-state index in [1.165, 1.54) is 0 Å². The molecule has 3 rings (SSSR count). The van der Waals surface area contributed by atoms with Gasteiger partial charge in [0.1, 0.15) is 5.75 Å². The maximum Gasteiger partial charge on any atom is 0.170 e. The van der Waals surface area contributed by atoms with Gasteiger partial charge in [0, 0.05) is 22.9 Å². The summed E-state index contributed by atoms with van der Waals surface area (Å²) in [4.78, 5) is 0. The summed E-state index contributed by atoms with van der Waals surface area (Å²) in [5.41, 5.74) is 2.56. The van der Waals surface area contributed by atoms with Crippen LogP contribution in [0.15, 0.2) is 47.0 Å². The van der Waals surface area contributed by atoms with E-state index in [1.807, 2.05) is 30.3 Å². The van der Waals surface area contributed by atoms with Gasteiger partial charge < -0.3 is 9.63 Å². The monoisotopic (exact) mass is 259 g/mol. The number of halogens is 1. The lowest BCUT2D eigenvalue weighted by Crippen LogP contribution is -1.88. The molecule has 0 aliphatic rings. The van der Waals surface area contributed by atoms with Crippen LogP contribution in [-0.2, 0) is 6.42 Å². The van der Waals surface area contributed by atoms with Crippen molar-refractivity contribution >= 4 is 22.6 Å². The molecule has 4 heteroatoms. The number of phenols is 1. The van der Waals surface area contributed by atoms with Crippen LogP contribution in [0.25, 0.3) is 11.0 Å². The zero-order valence-electron chi connectivity index (χ0n) is 9.43. The van der Waals surface area contributed by atoms with Gasteiger partial charge in [-0.3, -0.25) is 0 Å². The fraction of sp³-hybridized carbons (Fsp3) is 0.0714. The Hall–Kier alpha value is -2.00. The largest absolute Gasteiger partial charge is 0.508 e. The number of nitrogens with zero attached hydrogens (tertiary/aromatic N) is 1. The van der Waals surface area contributed by atoms with Crippen LogP contribution in [0, 0.1) is 0 Å². The summed E-state index contributed by atoms with van der Waals surface area (Å²) < 4.78 is 5.19. The average Bonchev–Trinajstić information content (AvgIpc) is 2.74. The number of rotatable bonds is 2. The third kappa shape index (κ3) is 2.05. The van der Waals surface area contributed by atoms with Gasteiger partial charge >= 0.3 is 0 Å². The molecule has 1 aromatic heterocycles. The van der Waals surface area contributed by atoms with Crippen molar-refractivity contribution in [3.63, 3.8) is 0 Å². The summed E-state index contributed by atoms with van der Waals surface area (Å²) in [6.45, 7) is 0. The molecule has 0 saturated heterocycles. The number of hydrogen-bond acceptors (Lipinski definition) is 3. The van der Waals surface area contributed by atoms with Gasteiger partial charge in [0.05, 0.1) is 5.69 Å². The summed E-state index contributed by atoms with van der Waals surface area (Å²) in [6.07, 6.45) is 0.676. The number of benzene rings is 2. The molecule has 1 N–H and O–H groups in total. The van der Waals surface area contributed by atoms with Crippen molar-refractivity contribution in [2.75, 3.05) is 0 Å². The molecule has 1 heterocycles. The number of phenolic OH excluding ortho intramolecular Hbond substituents is 1. The molecule has 0 unspecified atom stereocenters. The van der Waals surface area contributed by atoms with Gasteiger partial charge in [-0.05, 0) is 29.8 Å². The molecule has 18 heavy (non-hydrogen) atoms. The van der Waals surface area contributed by atoms with Crippen molar-refractivity contribution in [3.8, 4) is 5.75 Å². The zero-order chi connectivity index (χ0) is 12.5. The summed E-state index contributed by atoms with van der Waals surface area (Å²) in [5, 5.41) is 15.0. The lowest BCUT2D eigenvalue weighted by Gasteiger charge is -1.98. The first-order valence-electron chi connectivity index (χ1n) is 5.54. The van der Waals surface area contributed by atoms with Crippen LogP contribution in [0.2, 0.25) is 5.02 Å². The van der Waals surface area contributed by atoms with Crippen LogP contribution in [-0.4, -0.2) is 10.3 Å². The van der Waals surface area contributed by atoms with E-state index in [9.17, 15) is 5.11 Å². The van der Waals surface area contributed by atoms with E-state index in [0.717, 1.165) is 16.6 Å². The van der Waals surface area contributed by atoms with Crippen molar-refractivity contribution in [1.82, 2.24) is 5.16 Å². The molecule has 0 atom stereocenters. The Kier molecular flexibility index (Phi) is 2.68. The van der Waals surface area contributed by atoms with E-state index in [-0.39, 0.29) is 5.75 Å². The molecule has 2 aromatic carbocycles. The minimum Gasteiger partial charge on any atom is -0.508 e. The second kappa shape index (κ2) is 4.35. The van der Waals surface area contributed by atoms with Gasteiger partial charge in [0.2, 0.25) is 0 Å². The Morgan fingerprint density at radius 2 is 1.89 bits per heavy atom. The van der Waals surface area contributed by atoms with E-state index in [0.29, 0.717) is 17.0 Å². The van der Waals surface area contributed by atoms with Gasteiger partial charge in [0.15, 0.2) is 5.58 Å². The van der Waals surface area contributed by atoms with Crippen molar-refractivity contribution < 1.29 is 9.63 Å². The topological polar surface area (TPSA) is 46.3 Å². The fourth-order valence-electron chi connectivity index (χ4n) is 1.90. The molecule has 0 bridgehead atoms. The Morgan fingerprint density at radius 1 is 1.11 bits per heavy atom. The number of aromatic nitrogens is 1. The number of fused-ring (bicyclic) bond motifs is 1. The minimum atomic E-state index is 0.177. The highest BCUT2D eigenvalue weighted by molar-refractivity contribution is 6.30. The molecule has 3 aromatic rings. The first-order valence-corrected chi connectivity index (χ1v) is 5.92. The zero-order valence-corrected chi connectivity index (χ0v) is 10.2. The molecule has 3 nitrogen and oxygen atoms in total. The van der Waals surface area contributed by atoms with E-state index in [2.05, 4.69) is 5.16 Å². The van der Waals surface area contributed by atoms with Gasteiger partial charge in [-0.1, -0.05) is 28.9 Å². The Labute approximate surface area is 109 Å². The highest BCUT2D eigenvalue weighted by Gasteiger charge is 2.09. The maximum atomic E-state index is 9.36. The second-order valence-corrected chi connectivity index (χ2v) is 4.55. The molecule has 0 amide bonds. The molecule has 90 valence electrons. The SMILES string of the molecule is Oc1ccc2c(Cc3ccc(Cl)cc3)noc2c1. The van der Waals surface area contributed by atoms with Crippen LogP contribution < -0.4 is 0 Å². The van der Waals surface area contributed by atoms with Crippen LogP contribution in [0.3, 0.4) is 0 Å². The molecule has 0 spiro atoms. The maximum absolute atomic E-state index is 9.36. The average molecular weight is 260 g/mol. The van der Waals surface area contributed by atoms with E-state index in [1.54, 1.807) is 12.1 Å². The number of aromatic hydroxyl groups is 1. The summed E-state index contributed by atoms with van der Waals surface area (Å²) in [7, 11) is 0. The van der Waals surface area contributed by atoms with Crippen molar-refractivity contribution in [3.05, 3.63) is 58.7 Å². The summed E-state index contributed by atoms with van der Waals surface area (Å²) in [6, 6.07) is 12.6. The van der Waals surface area contributed by atoms with E-state index in [4.69, 9.17) is 16.1 Å². The Balaban J connectivity index is 1.97. The molecule has 0 saturated carbocycles. The van der Waals surface area contributed by atoms with Crippen molar-refractivity contribution in [2.24, 2.45) is 0 Å². The first kappa shape index (κ1) is 11.1. The molecule has 0 aliphatic heterocycles. The lowest BCUT2D eigenvalue weighted by molar-refractivity contribution is 0.442. The highest BCUT2D eigenvalue weighted by Crippen LogP contribution is 2.24. The van der Waals surface area contributed by atoms with Crippen LogP contribution in [0.4, 0.5) is 0 Å². The Morgan fingerprint density at radius 3 is 2.67 bits per heavy atom. The quantitative estimate of drug-likeness (QED) is 0.762. The lowest BCUT2D eigenvalue weighted by atomic mass is 10.1. The fourth-order valence-corrected chi connectivity index (χ4v) is 2.03. The third-order valence-electron chi connectivity index (χ3n) is 2.82. The van der Waals surface area contributed by atoms with Crippen molar-refractivity contribution in [2.45, 2.75) is 6.42 Å². The molecular weight excluding hydrogens is 250 g/mol. The molecular formula is C14H10ClNO2. The van der Waals surface area contributed by atoms with Crippen LogP contribution in [0.1, 0.15) is 11.3 Å². The third-order valence-corrected chi connectivity index (χ3v) is 3.07. The van der Waals surface area contributed by atoms with Crippen molar-refractivity contribution in [1.29, 1.82) is 0 Å². The second-order valence-electron chi connectivity index (χ2n) is 4.11. The van der Waals surface area contributed by atoms with Gasteiger partial charge in [-0.2, -0.15) is 0 Å². The predicted molar refractivity (Wildman–Crippen MR) is 69.9 cm³/mol. The van der Waals surface area contributed by atoms with Gasteiger partial charge in [-0.25, -0.2) is 0 Å². The molecule has 0 radical (unpaired) electrons. The summed E-state index contributed by atoms with van der Waals surface area (Å²) >= 11 is 5.84. The predicted octanol–water partition coefficient (Wildman–Crippen LogP) is 3.78. The van der Waals surface area contributed by atoms with Crippen LogP contribution in [0.5, 0.6) is 5.75 Å². The van der Waals surface area contributed by atoms with E-state index >= 15 is 0 Å².